The minimum atomic E-state index is -0.644. The standard InChI is InChI=1S/C19H19FN2O3S/c1-12-3-8-16(20)15(9-12)19(24)22-11-26-10-17(22)18(23)21-13-4-6-14(25-2)7-5-13/h3-9,17H,10-11H2,1-2H3,(H,21,23)/t17-/m1/s1. The predicted molar refractivity (Wildman–Crippen MR) is 100 cm³/mol. The van der Waals surface area contributed by atoms with Gasteiger partial charge in [0.05, 0.1) is 18.6 Å². The Bertz CT molecular complexity index is 826. The average molecular weight is 374 g/mol. The Morgan fingerprint density at radius 2 is 1.96 bits per heavy atom. The zero-order chi connectivity index (χ0) is 18.7. The Balaban J connectivity index is 1.75. The second-order valence-electron chi connectivity index (χ2n) is 5.99. The summed E-state index contributed by atoms with van der Waals surface area (Å²) < 4.78 is 19.1. The predicted octanol–water partition coefficient (Wildman–Crippen LogP) is 3.30. The molecule has 0 radical (unpaired) electrons. The van der Waals surface area contributed by atoms with Crippen molar-refractivity contribution < 1.29 is 18.7 Å². The maximum absolute atomic E-state index is 14.1. The number of carbonyl (C=O) groups excluding carboxylic acids is 2. The summed E-state index contributed by atoms with van der Waals surface area (Å²) in [6.07, 6.45) is 0. The highest BCUT2D eigenvalue weighted by Gasteiger charge is 2.36. The summed E-state index contributed by atoms with van der Waals surface area (Å²) >= 11 is 1.47. The number of nitrogens with one attached hydrogen (secondary N) is 1. The number of amides is 2. The number of methoxy groups -OCH3 is 1. The Hall–Kier alpha value is -2.54. The molecule has 0 spiro atoms. The van der Waals surface area contributed by atoms with Crippen molar-refractivity contribution in [3.8, 4) is 5.75 Å². The lowest BCUT2D eigenvalue weighted by atomic mass is 10.1. The van der Waals surface area contributed by atoms with E-state index in [1.54, 1.807) is 44.4 Å². The fourth-order valence-corrected chi connectivity index (χ4v) is 3.87. The van der Waals surface area contributed by atoms with Gasteiger partial charge in [-0.3, -0.25) is 9.59 Å². The molecule has 1 fully saturated rings. The van der Waals surface area contributed by atoms with Crippen LogP contribution in [0.1, 0.15) is 15.9 Å². The van der Waals surface area contributed by atoms with Crippen LogP contribution in [0, 0.1) is 12.7 Å². The number of aryl methyl sites for hydroxylation is 1. The summed E-state index contributed by atoms with van der Waals surface area (Å²) in [4.78, 5) is 26.8. The van der Waals surface area contributed by atoms with E-state index in [2.05, 4.69) is 5.32 Å². The van der Waals surface area contributed by atoms with Gasteiger partial charge in [0.1, 0.15) is 17.6 Å². The van der Waals surface area contributed by atoms with Gasteiger partial charge in [0.15, 0.2) is 0 Å². The van der Waals surface area contributed by atoms with Crippen molar-refractivity contribution in [2.24, 2.45) is 0 Å². The van der Waals surface area contributed by atoms with Crippen LogP contribution in [0.3, 0.4) is 0 Å². The highest BCUT2D eigenvalue weighted by molar-refractivity contribution is 7.99. The number of thioether (sulfide) groups is 1. The van der Waals surface area contributed by atoms with Gasteiger partial charge in [0, 0.05) is 11.4 Å². The van der Waals surface area contributed by atoms with Crippen LogP contribution in [0.2, 0.25) is 0 Å². The first-order valence-corrected chi connectivity index (χ1v) is 9.25. The van der Waals surface area contributed by atoms with E-state index < -0.39 is 17.8 Å². The van der Waals surface area contributed by atoms with Crippen LogP contribution in [-0.4, -0.2) is 41.5 Å². The maximum Gasteiger partial charge on any atom is 0.258 e. The number of hydrogen-bond acceptors (Lipinski definition) is 4. The van der Waals surface area contributed by atoms with Crippen molar-refractivity contribution in [3.63, 3.8) is 0 Å². The molecule has 0 unspecified atom stereocenters. The molecule has 1 saturated heterocycles. The van der Waals surface area contributed by atoms with Crippen molar-refractivity contribution in [2.45, 2.75) is 13.0 Å². The van der Waals surface area contributed by atoms with E-state index in [4.69, 9.17) is 4.74 Å². The topological polar surface area (TPSA) is 58.6 Å². The number of halogens is 1. The second-order valence-corrected chi connectivity index (χ2v) is 6.99. The van der Waals surface area contributed by atoms with Crippen molar-refractivity contribution in [3.05, 3.63) is 59.4 Å². The van der Waals surface area contributed by atoms with Crippen LogP contribution in [-0.2, 0) is 4.79 Å². The fourth-order valence-electron chi connectivity index (χ4n) is 2.72. The quantitative estimate of drug-likeness (QED) is 0.892. The zero-order valence-electron chi connectivity index (χ0n) is 14.5. The molecule has 3 rings (SSSR count). The number of carbonyl (C=O) groups is 2. The Morgan fingerprint density at radius 3 is 2.65 bits per heavy atom. The summed E-state index contributed by atoms with van der Waals surface area (Å²) in [5.74, 6) is 0.180. The van der Waals surface area contributed by atoms with E-state index in [0.717, 1.165) is 5.56 Å². The van der Waals surface area contributed by atoms with Gasteiger partial charge in [-0.2, -0.15) is 0 Å². The number of ether oxygens (including phenoxy) is 1. The summed E-state index contributed by atoms with van der Waals surface area (Å²) in [6.45, 7) is 1.79. The first-order valence-electron chi connectivity index (χ1n) is 8.09. The molecule has 0 saturated carbocycles. The largest absolute Gasteiger partial charge is 0.497 e. The van der Waals surface area contributed by atoms with E-state index in [-0.39, 0.29) is 11.5 Å². The molecular formula is C19H19FN2O3S. The van der Waals surface area contributed by atoms with Crippen molar-refractivity contribution in [1.29, 1.82) is 0 Å². The smallest absolute Gasteiger partial charge is 0.258 e. The van der Waals surface area contributed by atoms with E-state index in [9.17, 15) is 14.0 Å². The molecule has 0 bridgehead atoms. The minimum absolute atomic E-state index is 0.00486. The molecule has 2 aromatic rings. The first-order chi connectivity index (χ1) is 12.5. The van der Waals surface area contributed by atoms with Crippen LogP contribution in [0.5, 0.6) is 5.75 Å². The summed E-state index contributed by atoms with van der Waals surface area (Å²) in [7, 11) is 1.57. The third-order valence-electron chi connectivity index (χ3n) is 4.16. The molecular weight excluding hydrogens is 355 g/mol. The summed E-state index contributed by atoms with van der Waals surface area (Å²) in [5.41, 5.74) is 1.40. The third kappa shape index (κ3) is 3.83. The van der Waals surface area contributed by atoms with E-state index in [0.29, 0.717) is 23.1 Å². The van der Waals surface area contributed by atoms with E-state index >= 15 is 0 Å². The number of benzene rings is 2. The lowest BCUT2D eigenvalue weighted by molar-refractivity contribution is -0.119. The van der Waals surface area contributed by atoms with Crippen molar-refractivity contribution in [1.82, 2.24) is 4.90 Å². The van der Waals surface area contributed by atoms with Crippen molar-refractivity contribution >= 4 is 29.3 Å². The molecule has 1 heterocycles. The number of nitrogens with zero attached hydrogens (tertiary/aromatic N) is 1. The van der Waals surface area contributed by atoms with Gasteiger partial charge in [-0.05, 0) is 43.3 Å². The monoisotopic (exact) mass is 374 g/mol. The molecule has 2 aromatic carbocycles. The Kier molecular flexibility index (Phi) is 5.46. The normalized spacial score (nSPS) is 16.4. The Morgan fingerprint density at radius 1 is 1.23 bits per heavy atom. The zero-order valence-corrected chi connectivity index (χ0v) is 15.3. The van der Waals surface area contributed by atoms with Gasteiger partial charge in [0.2, 0.25) is 5.91 Å². The molecule has 1 aliphatic heterocycles. The summed E-state index contributed by atoms with van der Waals surface area (Å²) in [6, 6.07) is 10.7. The minimum Gasteiger partial charge on any atom is -0.497 e. The van der Waals surface area contributed by atoms with Gasteiger partial charge in [-0.15, -0.1) is 11.8 Å². The van der Waals surface area contributed by atoms with E-state index in [1.165, 1.54) is 28.8 Å². The summed E-state index contributed by atoms with van der Waals surface area (Å²) in [5, 5.41) is 2.80. The molecule has 0 aliphatic carbocycles. The van der Waals surface area contributed by atoms with Crippen LogP contribution in [0.25, 0.3) is 0 Å². The van der Waals surface area contributed by atoms with E-state index in [1.807, 2.05) is 0 Å². The van der Waals surface area contributed by atoms with Gasteiger partial charge in [0.25, 0.3) is 5.91 Å². The Labute approximate surface area is 155 Å². The molecule has 2 amide bonds. The number of rotatable bonds is 4. The molecule has 136 valence electrons. The highest BCUT2D eigenvalue weighted by Crippen LogP contribution is 2.26. The molecule has 26 heavy (non-hydrogen) atoms. The van der Waals surface area contributed by atoms with Crippen LogP contribution < -0.4 is 10.1 Å². The first kappa shape index (κ1) is 18.3. The van der Waals surface area contributed by atoms with Gasteiger partial charge in [-0.25, -0.2) is 4.39 Å². The third-order valence-corrected chi connectivity index (χ3v) is 5.17. The van der Waals surface area contributed by atoms with Crippen LogP contribution in [0.4, 0.5) is 10.1 Å². The number of hydrogen-bond donors (Lipinski definition) is 1. The van der Waals surface area contributed by atoms with Gasteiger partial charge >= 0.3 is 0 Å². The molecule has 1 atom stereocenters. The molecule has 5 nitrogen and oxygen atoms in total. The van der Waals surface area contributed by atoms with Crippen LogP contribution in [0.15, 0.2) is 42.5 Å². The van der Waals surface area contributed by atoms with Crippen molar-refractivity contribution in [2.75, 3.05) is 24.1 Å². The van der Waals surface area contributed by atoms with Crippen LogP contribution >= 0.6 is 11.8 Å². The van der Waals surface area contributed by atoms with Gasteiger partial charge < -0.3 is 15.0 Å². The van der Waals surface area contributed by atoms with Gasteiger partial charge in [-0.1, -0.05) is 11.6 Å². The molecule has 0 aromatic heterocycles. The molecule has 1 N–H and O–H groups in total. The average Bonchev–Trinajstić information content (AvgIpc) is 3.13. The highest BCUT2D eigenvalue weighted by atomic mass is 32.2. The number of anilines is 1. The SMILES string of the molecule is COc1ccc(NC(=O)[C@H]2CSCN2C(=O)c2cc(C)ccc2F)cc1. The second kappa shape index (κ2) is 7.78. The fraction of sp³-hybridized carbons (Fsp3) is 0.263. The maximum atomic E-state index is 14.1. The lowest BCUT2D eigenvalue weighted by Gasteiger charge is -2.23. The molecule has 1 aliphatic rings. The molecule has 7 heteroatoms. The lowest BCUT2D eigenvalue weighted by Crippen LogP contribution is -2.44.